The first kappa shape index (κ1) is 43.2. The van der Waals surface area contributed by atoms with E-state index >= 15 is 0 Å². The lowest BCUT2D eigenvalue weighted by Gasteiger charge is -2.39. The van der Waals surface area contributed by atoms with Crippen molar-refractivity contribution in [1.29, 1.82) is 0 Å². The SMILES string of the molecule is c1ccc(C2(c3ccccc3)c3ccccc3-c3ccc(N(c4cccc5ccccc45)c4ccc(-c5ccc6c(c5)C5(c7ccccc7-6)c6ccccc6-n6c7ccccc7c7cccc5c76)c5ccccc45)cc32)cc1. The van der Waals surface area contributed by atoms with Crippen molar-refractivity contribution in [3.63, 3.8) is 0 Å². The molecule has 13 aromatic carbocycles. The highest BCUT2D eigenvalue weighted by Gasteiger charge is 2.51. The minimum atomic E-state index is -0.550. The van der Waals surface area contributed by atoms with Gasteiger partial charge < -0.3 is 9.47 Å². The number of aromatic nitrogens is 1. The highest BCUT2D eigenvalue weighted by atomic mass is 15.1. The summed E-state index contributed by atoms with van der Waals surface area (Å²) in [6, 6.07) is 110. The second kappa shape index (κ2) is 16.2. The Kier molecular flexibility index (Phi) is 9.01. The third-order valence-electron chi connectivity index (χ3n) is 17.9. The molecule has 0 bridgehead atoms. The Bertz CT molecular complexity index is 4770. The topological polar surface area (TPSA) is 8.17 Å². The summed E-state index contributed by atoms with van der Waals surface area (Å²) in [5, 5.41) is 7.34. The van der Waals surface area contributed by atoms with Crippen LogP contribution in [-0.4, -0.2) is 4.57 Å². The van der Waals surface area contributed by atoms with E-state index in [0.717, 1.165) is 17.1 Å². The van der Waals surface area contributed by atoms with Crippen molar-refractivity contribution in [2.75, 3.05) is 4.90 Å². The van der Waals surface area contributed by atoms with Gasteiger partial charge in [0.25, 0.3) is 0 Å². The zero-order chi connectivity index (χ0) is 51.1. The molecule has 0 amide bonds. The molecule has 1 spiro atoms. The molecule has 1 aliphatic heterocycles. The summed E-state index contributed by atoms with van der Waals surface area (Å²) in [5.74, 6) is 0. The van der Waals surface area contributed by atoms with E-state index in [0.29, 0.717) is 0 Å². The quantitative estimate of drug-likeness (QED) is 0.161. The fourth-order valence-corrected chi connectivity index (χ4v) is 14.8. The number of hydrogen-bond acceptors (Lipinski definition) is 1. The monoisotopic (exact) mass is 988 g/mol. The Hall–Kier alpha value is -10.0. The lowest BCUT2D eigenvalue weighted by Crippen LogP contribution is -2.33. The van der Waals surface area contributed by atoms with E-state index < -0.39 is 10.8 Å². The van der Waals surface area contributed by atoms with Gasteiger partial charge in [-0.1, -0.05) is 249 Å². The fourth-order valence-electron chi connectivity index (χ4n) is 14.8. The Balaban J connectivity index is 0.905. The van der Waals surface area contributed by atoms with Crippen molar-refractivity contribution in [3.05, 3.63) is 336 Å². The van der Waals surface area contributed by atoms with Crippen molar-refractivity contribution >= 4 is 60.4 Å². The maximum atomic E-state index is 2.54. The molecule has 362 valence electrons. The number of hydrogen-bond donors (Lipinski definition) is 0. The van der Waals surface area contributed by atoms with Gasteiger partial charge in [0.1, 0.15) is 0 Å². The van der Waals surface area contributed by atoms with Crippen molar-refractivity contribution < 1.29 is 0 Å². The lowest BCUT2D eigenvalue weighted by molar-refractivity contribution is 0.749. The van der Waals surface area contributed by atoms with Gasteiger partial charge in [0.05, 0.1) is 38.9 Å². The molecular formula is C76H48N2. The van der Waals surface area contributed by atoms with Gasteiger partial charge in [-0.05, 0) is 131 Å². The van der Waals surface area contributed by atoms with Crippen LogP contribution in [0, 0.1) is 0 Å². The molecule has 14 aromatic rings. The van der Waals surface area contributed by atoms with Gasteiger partial charge in [0.2, 0.25) is 0 Å². The van der Waals surface area contributed by atoms with Crippen LogP contribution in [0.5, 0.6) is 0 Å². The van der Waals surface area contributed by atoms with Crippen LogP contribution in [0.3, 0.4) is 0 Å². The number of rotatable bonds is 6. The summed E-state index contributed by atoms with van der Waals surface area (Å²) in [4.78, 5) is 2.53. The summed E-state index contributed by atoms with van der Waals surface area (Å²) < 4.78 is 2.53. The number of nitrogens with zero attached hydrogens (tertiary/aromatic N) is 2. The fraction of sp³-hybridized carbons (Fsp3) is 0.0263. The third kappa shape index (κ3) is 5.60. The van der Waals surface area contributed by atoms with Crippen LogP contribution < -0.4 is 4.90 Å². The first-order valence-electron chi connectivity index (χ1n) is 27.3. The molecule has 0 saturated carbocycles. The van der Waals surface area contributed by atoms with Crippen LogP contribution in [0.2, 0.25) is 0 Å². The molecule has 1 unspecified atom stereocenters. The van der Waals surface area contributed by atoms with Gasteiger partial charge in [-0.3, -0.25) is 0 Å². The van der Waals surface area contributed by atoms with Crippen molar-refractivity contribution in [2.45, 2.75) is 10.8 Å². The van der Waals surface area contributed by atoms with Gasteiger partial charge in [0, 0.05) is 27.2 Å². The van der Waals surface area contributed by atoms with E-state index in [9.17, 15) is 0 Å². The van der Waals surface area contributed by atoms with E-state index in [1.807, 2.05) is 0 Å². The molecule has 0 fully saturated rings. The molecule has 2 heteroatoms. The molecule has 2 aliphatic carbocycles. The molecule has 1 aromatic heterocycles. The number of fused-ring (bicyclic) bond motifs is 17. The summed E-state index contributed by atoms with van der Waals surface area (Å²) in [7, 11) is 0. The largest absolute Gasteiger partial charge is 0.309 e. The van der Waals surface area contributed by atoms with Crippen molar-refractivity contribution in [3.8, 4) is 39.1 Å². The van der Waals surface area contributed by atoms with Gasteiger partial charge in [0.15, 0.2) is 0 Å². The standard InChI is InChI=1S/C76H48N2/c1-3-23-51(24-4-1)75(52-25-5-2-6-26-52)64-34-14-11-29-57(64)60-44-42-53(48-69(60)75)77(70-40-19-22-49-21-7-8-27-55(49)70)72-46-45-54(56-28-9-10-31-61(56)72)50-41-43-59-58-30-12-15-35-65(58)76(68(59)47-50)66-36-16-18-39-73(66)78-71-38-17-13-32-62(71)63-33-20-37-67(76)74(63)78/h1-48H. The first-order valence-corrected chi connectivity index (χ1v) is 27.3. The average molecular weight is 989 g/mol. The number of anilines is 3. The normalized spacial score (nSPS) is 15.1. The molecule has 3 aliphatic rings. The lowest BCUT2D eigenvalue weighted by atomic mass is 9.65. The van der Waals surface area contributed by atoms with E-state index in [-0.39, 0.29) is 0 Å². The minimum Gasteiger partial charge on any atom is -0.309 e. The molecule has 0 saturated heterocycles. The molecule has 2 nitrogen and oxygen atoms in total. The molecule has 2 heterocycles. The van der Waals surface area contributed by atoms with E-state index in [4.69, 9.17) is 0 Å². The Labute approximate surface area is 453 Å². The molecular weight excluding hydrogens is 941 g/mol. The van der Waals surface area contributed by atoms with E-state index in [1.54, 1.807) is 0 Å². The Morgan fingerprint density at radius 3 is 1.56 bits per heavy atom. The number of benzene rings is 13. The average Bonchev–Trinajstić information content (AvgIpc) is 3.04. The van der Waals surface area contributed by atoms with E-state index in [1.165, 1.54) is 127 Å². The van der Waals surface area contributed by atoms with Gasteiger partial charge in [-0.2, -0.15) is 0 Å². The van der Waals surface area contributed by atoms with Crippen molar-refractivity contribution in [2.24, 2.45) is 0 Å². The predicted octanol–water partition coefficient (Wildman–Crippen LogP) is 19.3. The summed E-state index contributed by atoms with van der Waals surface area (Å²) in [6.07, 6.45) is 0. The summed E-state index contributed by atoms with van der Waals surface area (Å²) in [6.45, 7) is 0. The van der Waals surface area contributed by atoms with Crippen LogP contribution in [0.15, 0.2) is 291 Å². The molecule has 78 heavy (non-hydrogen) atoms. The van der Waals surface area contributed by atoms with Crippen LogP contribution in [0.25, 0.3) is 82.4 Å². The molecule has 0 radical (unpaired) electrons. The van der Waals surface area contributed by atoms with Gasteiger partial charge >= 0.3 is 0 Å². The zero-order valence-corrected chi connectivity index (χ0v) is 42.6. The van der Waals surface area contributed by atoms with Crippen molar-refractivity contribution in [1.82, 2.24) is 4.57 Å². The van der Waals surface area contributed by atoms with Crippen LogP contribution in [-0.2, 0) is 10.8 Å². The van der Waals surface area contributed by atoms with Gasteiger partial charge in [-0.25, -0.2) is 0 Å². The Morgan fingerprint density at radius 1 is 0.282 bits per heavy atom. The van der Waals surface area contributed by atoms with Gasteiger partial charge in [-0.15, -0.1) is 0 Å². The maximum Gasteiger partial charge on any atom is 0.0754 e. The summed E-state index contributed by atoms with van der Waals surface area (Å²) in [5.41, 5.74) is 23.9. The third-order valence-corrected chi connectivity index (χ3v) is 17.9. The zero-order valence-electron chi connectivity index (χ0n) is 42.6. The molecule has 0 N–H and O–H groups in total. The predicted molar refractivity (Wildman–Crippen MR) is 324 cm³/mol. The van der Waals surface area contributed by atoms with Crippen LogP contribution in [0.4, 0.5) is 17.1 Å². The highest BCUT2D eigenvalue weighted by molar-refractivity contribution is 6.14. The second-order valence-electron chi connectivity index (χ2n) is 21.4. The number of para-hydroxylation sites is 3. The Morgan fingerprint density at radius 2 is 0.795 bits per heavy atom. The minimum absolute atomic E-state index is 0.549. The second-order valence-corrected chi connectivity index (χ2v) is 21.4. The summed E-state index contributed by atoms with van der Waals surface area (Å²) >= 11 is 0. The smallest absolute Gasteiger partial charge is 0.0754 e. The highest BCUT2D eigenvalue weighted by Crippen LogP contribution is 2.62. The molecule has 1 atom stereocenters. The van der Waals surface area contributed by atoms with E-state index in [2.05, 4.69) is 301 Å². The van der Waals surface area contributed by atoms with Crippen LogP contribution >= 0.6 is 0 Å². The molecule has 17 rings (SSSR count). The van der Waals surface area contributed by atoms with Crippen LogP contribution in [0.1, 0.15) is 44.5 Å². The first-order chi connectivity index (χ1) is 38.7. The maximum absolute atomic E-state index is 2.54.